The highest BCUT2D eigenvalue weighted by atomic mass is 35.5. The molecule has 1 aliphatic rings. The maximum atomic E-state index is 13.2. The zero-order valence-corrected chi connectivity index (χ0v) is 18.4. The second kappa shape index (κ2) is 8.94. The Hall–Kier alpha value is -3.11. The number of nitrogens with one attached hydrogen (secondary N) is 1. The first-order valence-corrected chi connectivity index (χ1v) is 10.9. The average molecular weight is 433 g/mol. The lowest BCUT2D eigenvalue weighted by molar-refractivity contribution is -0.117. The van der Waals surface area contributed by atoms with Gasteiger partial charge in [-0.2, -0.15) is 0 Å². The van der Waals surface area contributed by atoms with Crippen molar-refractivity contribution in [1.29, 1.82) is 0 Å². The highest BCUT2D eigenvalue weighted by molar-refractivity contribution is 6.32. The van der Waals surface area contributed by atoms with Gasteiger partial charge in [0.15, 0.2) is 0 Å². The molecule has 0 saturated carbocycles. The summed E-state index contributed by atoms with van der Waals surface area (Å²) in [5.41, 5.74) is 6.59. The number of phenolic OH excluding ortho intramolecular Hbond substituents is 1. The minimum atomic E-state index is -0.576. The van der Waals surface area contributed by atoms with Crippen molar-refractivity contribution in [3.05, 3.63) is 93.5 Å². The number of aliphatic imine (C=N–C) groups is 1. The van der Waals surface area contributed by atoms with Crippen LogP contribution in [0.2, 0.25) is 5.02 Å². The van der Waals surface area contributed by atoms with E-state index in [1.54, 1.807) is 30.3 Å². The Morgan fingerprint density at radius 1 is 0.968 bits per heavy atom. The van der Waals surface area contributed by atoms with Gasteiger partial charge >= 0.3 is 0 Å². The molecule has 1 atom stereocenters. The van der Waals surface area contributed by atoms with Crippen LogP contribution >= 0.6 is 11.6 Å². The van der Waals surface area contributed by atoms with Crippen molar-refractivity contribution in [2.45, 2.75) is 39.2 Å². The number of anilines is 1. The number of amides is 1. The van der Waals surface area contributed by atoms with Crippen molar-refractivity contribution in [3.8, 4) is 5.75 Å². The summed E-state index contributed by atoms with van der Waals surface area (Å²) in [6.45, 7) is 4.26. The number of hydrogen-bond acceptors (Lipinski definition) is 3. The van der Waals surface area contributed by atoms with E-state index in [1.807, 2.05) is 12.1 Å². The van der Waals surface area contributed by atoms with Crippen molar-refractivity contribution >= 4 is 28.9 Å². The second-order valence-electron chi connectivity index (χ2n) is 7.73. The highest BCUT2D eigenvalue weighted by Crippen LogP contribution is 2.29. The van der Waals surface area contributed by atoms with Crippen molar-refractivity contribution in [3.63, 3.8) is 0 Å². The van der Waals surface area contributed by atoms with E-state index in [0.717, 1.165) is 29.5 Å². The molecule has 4 nitrogen and oxygen atoms in total. The highest BCUT2D eigenvalue weighted by Gasteiger charge is 2.27. The Morgan fingerprint density at radius 2 is 1.74 bits per heavy atom. The summed E-state index contributed by atoms with van der Waals surface area (Å²) in [5.74, 6) is 0.0420. The van der Waals surface area contributed by atoms with Crippen molar-refractivity contribution in [1.82, 2.24) is 0 Å². The first kappa shape index (κ1) is 21.1. The minimum absolute atomic E-state index is 0.138. The van der Waals surface area contributed by atoms with Gasteiger partial charge in [-0.15, -0.1) is 0 Å². The maximum Gasteiger partial charge on any atom is 0.249 e. The third-order valence-electron chi connectivity index (χ3n) is 5.70. The summed E-state index contributed by atoms with van der Waals surface area (Å²) in [6.07, 6.45) is 2.37. The Morgan fingerprint density at radius 3 is 2.45 bits per heavy atom. The molecule has 3 aromatic rings. The van der Waals surface area contributed by atoms with Crippen LogP contribution in [0.15, 0.2) is 65.7 Å². The number of nitrogens with zero attached hydrogens (tertiary/aromatic N) is 1. The molecule has 4 rings (SSSR count). The molecule has 0 spiro atoms. The van der Waals surface area contributed by atoms with Crippen LogP contribution in [0.25, 0.3) is 0 Å². The van der Waals surface area contributed by atoms with Crippen LogP contribution in [0.1, 0.15) is 41.7 Å². The molecule has 0 aliphatic carbocycles. The Balaban J connectivity index is 1.82. The van der Waals surface area contributed by atoms with Gasteiger partial charge in [0, 0.05) is 22.6 Å². The number of aromatic hydroxyl groups is 1. The Kier molecular flexibility index (Phi) is 6.10. The molecule has 5 heteroatoms. The van der Waals surface area contributed by atoms with Crippen LogP contribution < -0.4 is 5.32 Å². The third-order valence-corrected chi connectivity index (χ3v) is 5.93. The van der Waals surface area contributed by atoms with E-state index in [1.165, 1.54) is 11.1 Å². The van der Waals surface area contributed by atoms with E-state index in [4.69, 9.17) is 16.6 Å². The van der Waals surface area contributed by atoms with Gasteiger partial charge in [-0.3, -0.25) is 9.79 Å². The van der Waals surface area contributed by atoms with Gasteiger partial charge in [0.25, 0.3) is 0 Å². The normalized spacial score (nSPS) is 15.6. The number of carbonyl (C=O) groups excluding carboxylic acids is 1. The maximum absolute atomic E-state index is 13.2. The molecule has 1 unspecified atom stereocenters. The molecule has 2 N–H and O–H groups in total. The number of aryl methyl sites for hydroxylation is 2. The second-order valence-corrected chi connectivity index (χ2v) is 8.17. The first-order chi connectivity index (χ1) is 15.0. The third kappa shape index (κ3) is 4.49. The SMILES string of the molecule is CCc1ccc(CC)c(CC2N=C(c3ccc(O)cc3)c3cc(Cl)ccc3NC2=O)c1. The van der Waals surface area contributed by atoms with E-state index >= 15 is 0 Å². The number of fused-ring (bicyclic) bond motifs is 1. The Labute approximate surface area is 187 Å². The van der Waals surface area contributed by atoms with Crippen LogP contribution in [0, 0.1) is 0 Å². The van der Waals surface area contributed by atoms with Gasteiger partial charge in [0.05, 0.1) is 11.4 Å². The molecular formula is C26H25ClN2O2. The molecule has 0 aromatic heterocycles. The van der Waals surface area contributed by atoms with Gasteiger partial charge in [-0.25, -0.2) is 0 Å². The predicted molar refractivity (Wildman–Crippen MR) is 127 cm³/mol. The van der Waals surface area contributed by atoms with Crippen LogP contribution in [0.5, 0.6) is 5.75 Å². The predicted octanol–water partition coefficient (Wildman–Crippen LogP) is 5.57. The lowest BCUT2D eigenvalue weighted by Gasteiger charge is -2.15. The summed E-state index contributed by atoms with van der Waals surface area (Å²) in [6, 6.07) is 18.2. The molecule has 1 heterocycles. The molecule has 3 aromatic carbocycles. The number of benzodiazepines with no additional fused rings is 1. The number of phenols is 1. The molecule has 1 aliphatic heterocycles. The first-order valence-electron chi connectivity index (χ1n) is 10.6. The van der Waals surface area contributed by atoms with Crippen molar-refractivity contribution in [2.24, 2.45) is 4.99 Å². The van der Waals surface area contributed by atoms with Crippen molar-refractivity contribution in [2.75, 3.05) is 5.32 Å². The van der Waals surface area contributed by atoms with Crippen molar-refractivity contribution < 1.29 is 9.90 Å². The van der Waals surface area contributed by atoms with Gasteiger partial charge in [-0.05, 0) is 72.0 Å². The van der Waals surface area contributed by atoms with Crippen LogP contribution in [-0.4, -0.2) is 22.8 Å². The molecule has 0 bridgehead atoms. The number of rotatable bonds is 5. The topological polar surface area (TPSA) is 61.7 Å². The summed E-state index contributed by atoms with van der Waals surface area (Å²) < 4.78 is 0. The van der Waals surface area contributed by atoms with E-state index in [9.17, 15) is 9.90 Å². The van der Waals surface area contributed by atoms with Crippen LogP contribution in [0.4, 0.5) is 5.69 Å². The quantitative estimate of drug-likeness (QED) is 0.553. The zero-order valence-electron chi connectivity index (χ0n) is 17.7. The van der Waals surface area contributed by atoms with Crippen LogP contribution in [0.3, 0.4) is 0 Å². The smallest absolute Gasteiger partial charge is 0.249 e. The lowest BCUT2D eigenvalue weighted by atomic mass is 9.95. The number of hydrogen-bond donors (Lipinski definition) is 2. The van der Waals surface area contributed by atoms with E-state index < -0.39 is 6.04 Å². The minimum Gasteiger partial charge on any atom is -0.508 e. The molecule has 158 valence electrons. The van der Waals surface area contributed by atoms with Crippen LogP contribution in [-0.2, 0) is 24.1 Å². The van der Waals surface area contributed by atoms with Gasteiger partial charge in [-0.1, -0.05) is 43.6 Å². The lowest BCUT2D eigenvalue weighted by Crippen LogP contribution is -2.28. The summed E-state index contributed by atoms with van der Waals surface area (Å²) in [5, 5.41) is 13.3. The molecule has 31 heavy (non-hydrogen) atoms. The fourth-order valence-corrected chi connectivity index (χ4v) is 4.12. The largest absolute Gasteiger partial charge is 0.508 e. The van der Waals surface area contributed by atoms with Gasteiger partial charge < -0.3 is 10.4 Å². The van der Waals surface area contributed by atoms with Gasteiger partial charge in [0.2, 0.25) is 5.91 Å². The molecule has 0 saturated heterocycles. The van der Waals surface area contributed by atoms with E-state index in [0.29, 0.717) is 22.8 Å². The Bertz CT molecular complexity index is 1150. The number of benzene rings is 3. The number of halogens is 1. The summed E-state index contributed by atoms with van der Waals surface area (Å²) in [4.78, 5) is 18.1. The van der Waals surface area contributed by atoms with Gasteiger partial charge in [0.1, 0.15) is 11.8 Å². The fourth-order valence-electron chi connectivity index (χ4n) is 3.95. The van der Waals surface area contributed by atoms with E-state index in [2.05, 4.69) is 37.4 Å². The molecule has 0 fully saturated rings. The fraction of sp³-hybridized carbons (Fsp3) is 0.231. The molecular weight excluding hydrogens is 408 g/mol. The summed E-state index contributed by atoms with van der Waals surface area (Å²) in [7, 11) is 0. The standard InChI is InChI=1S/C26H25ClN2O2/c1-3-16-5-6-17(4-2)19(13-16)14-24-26(31)29-23-12-9-20(27)15-22(23)25(28-24)18-7-10-21(30)11-8-18/h5-13,15,24,30H,3-4,14H2,1-2H3,(H,29,31). The summed E-state index contributed by atoms with van der Waals surface area (Å²) >= 11 is 6.28. The molecule has 0 radical (unpaired) electrons. The monoisotopic (exact) mass is 432 g/mol. The average Bonchev–Trinajstić information content (AvgIpc) is 2.90. The zero-order chi connectivity index (χ0) is 22.0. The number of carbonyl (C=O) groups is 1. The molecule has 1 amide bonds. The van der Waals surface area contributed by atoms with E-state index in [-0.39, 0.29) is 11.7 Å².